The molecule has 1 aliphatic carbocycles. The molecule has 1 fully saturated rings. The zero-order valence-electron chi connectivity index (χ0n) is 12.2. The number of rotatable bonds is 6. The summed E-state index contributed by atoms with van der Waals surface area (Å²) in [5.41, 5.74) is 2.80. The Bertz CT molecular complexity index is 588. The van der Waals surface area contributed by atoms with Gasteiger partial charge in [0.15, 0.2) is 0 Å². The van der Waals surface area contributed by atoms with Crippen molar-refractivity contribution >= 4 is 11.8 Å². The molecule has 0 aliphatic heterocycles. The summed E-state index contributed by atoms with van der Waals surface area (Å²) in [4.78, 5) is 1.30. The fourth-order valence-corrected chi connectivity index (χ4v) is 3.12. The van der Waals surface area contributed by atoms with E-state index in [-0.39, 0.29) is 11.2 Å². The van der Waals surface area contributed by atoms with Crippen molar-refractivity contribution in [2.45, 2.75) is 29.7 Å². The normalized spacial score (nSPS) is 15.9. The molecular formula is C18H20FNS. The Morgan fingerprint density at radius 2 is 1.71 bits per heavy atom. The second-order valence-corrected chi connectivity index (χ2v) is 6.62. The third kappa shape index (κ3) is 3.47. The van der Waals surface area contributed by atoms with E-state index in [1.165, 1.54) is 28.9 Å². The summed E-state index contributed by atoms with van der Waals surface area (Å²) in [5, 5.41) is 3.55. The number of hydrogen-bond acceptors (Lipinski definition) is 2. The van der Waals surface area contributed by atoms with Crippen LogP contribution in [-0.2, 0) is 12.0 Å². The summed E-state index contributed by atoms with van der Waals surface area (Å²) < 4.78 is 13.0. The molecule has 21 heavy (non-hydrogen) atoms. The van der Waals surface area contributed by atoms with Gasteiger partial charge in [0.2, 0.25) is 0 Å². The van der Waals surface area contributed by atoms with Gasteiger partial charge in [-0.3, -0.25) is 0 Å². The van der Waals surface area contributed by atoms with Crippen molar-refractivity contribution < 1.29 is 4.39 Å². The second-order valence-electron chi connectivity index (χ2n) is 5.74. The first-order chi connectivity index (χ1) is 10.2. The van der Waals surface area contributed by atoms with E-state index in [4.69, 9.17) is 0 Å². The maximum atomic E-state index is 13.0. The van der Waals surface area contributed by atoms with Crippen LogP contribution in [0.2, 0.25) is 0 Å². The fraction of sp³-hybridized carbons (Fsp3) is 0.333. The molecule has 0 bridgehead atoms. The van der Waals surface area contributed by atoms with E-state index in [0.29, 0.717) is 0 Å². The van der Waals surface area contributed by atoms with Gasteiger partial charge in [-0.05, 0) is 54.5 Å². The molecule has 0 atom stereocenters. The molecule has 3 rings (SSSR count). The van der Waals surface area contributed by atoms with Crippen LogP contribution in [0.1, 0.15) is 24.0 Å². The Kier molecular flexibility index (Phi) is 4.32. The monoisotopic (exact) mass is 301 g/mol. The Balaban J connectivity index is 1.56. The van der Waals surface area contributed by atoms with Crippen molar-refractivity contribution in [2.75, 3.05) is 12.8 Å². The summed E-state index contributed by atoms with van der Waals surface area (Å²) in [5.74, 6) is -0.156. The molecule has 2 aromatic carbocycles. The number of hydrogen-bond donors (Lipinski definition) is 1. The van der Waals surface area contributed by atoms with E-state index < -0.39 is 0 Å². The predicted octanol–water partition coefficient (Wildman–Crippen LogP) is 4.37. The number of thioether (sulfide) groups is 1. The molecule has 1 nitrogen and oxygen atoms in total. The highest BCUT2D eigenvalue weighted by Gasteiger charge is 2.43. The SMILES string of the molecule is CSc1ccc(CNCC2(c3ccc(F)cc3)CC2)cc1. The molecule has 2 aromatic rings. The van der Waals surface area contributed by atoms with Crippen LogP contribution >= 0.6 is 11.8 Å². The molecule has 110 valence electrons. The maximum Gasteiger partial charge on any atom is 0.123 e. The number of halogens is 1. The van der Waals surface area contributed by atoms with Crippen LogP contribution in [0.4, 0.5) is 4.39 Å². The van der Waals surface area contributed by atoms with Crippen molar-refractivity contribution in [2.24, 2.45) is 0 Å². The molecule has 1 N–H and O–H groups in total. The minimum atomic E-state index is -0.156. The topological polar surface area (TPSA) is 12.0 Å². The summed E-state index contributed by atoms with van der Waals surface area (Å²) in [6, 6.07) is 15.7. The Labute approximate surface area is 130 Å². The van der Waals surface area contributed by atoms with Gasteiger partial charge in [0.1, 0.15) is 5.82 Å². The van der Waals surface area contributed by atoms with Crippen molar-refractivity contribution in [1.82, 2.24) is 5.32 Å². The first-order valence-electron chi connectivity index (χ1n) is 7.32. The van der Waals surface area contributed by atoms with Gasteiger partial charge in [-0.2, -0.15) is 0 Å². The largest absolute Gasteiger partial charge is 0.312 e. The lowest BCUT2D eigenvalue weighted by molar-refractivity contribution is 0.571. The van der Waals surface area contributed by atoms with E-state index in [1.54, 1.807) is 23.9 Å². The second kappa shape index (κ2) is 6.20. The molecular weight excluding hydrogens is 281 g/mol. The zero-order valence-corrected chi connectivity index (χ0v) is 13.0. The third-order valence-corrected chi connectivity index (χ3v) is 5.01. The van der Waals surface area contributed by atoms with Gasteiger partial charge in [0.05, 0.1) is 0 Å². The third-order valence-electron chi connectivity index (χ3n) is 4.26. The summed E-state index contributed by atoms with van der Waals surface area (Å²) in [7, 11) is 0. The van der Waals surface area contributed by atoms with E-state index in [9.17, 15) is 4.39 Å². The molecule has 3 heteroatoms. The zero-order chi connectivity index (χ0) is 14.7. The lowest BCUT2D eigenvalue weighted by atomic mass is 9.96. The van der Waals surface area contributed by atoms with Crippen molar-refractivity contribution in [1.29, 1.82) is 0 Å². The molecule has 0 amide bonds. The van der Waals surface area contributed by atoms with Gasteiger partial charge in [-0.15, -0.1) is 11.8 Å². The van der Waals surface area contributed by atoms with Crippen LogP contribution in [0.5, 0.6) is 0 Å². The molecule has 0 unspecified atom stereocenters. The molecule has 0 radical (unpaired) electrons. The van der Waals surface area contributed by atoms with Crippen LogP contribution < -0.4 is 5.32 Å². The lowest BCUT2D eigenvalue weighted by Crippen LogP contribution is -2.26. The Hall–Kier alpha value is -1.32. The van der Waals surface area contributed by atoms with Gasteiger partial charge in [0, 0.05) is 23.4 Å². The Morgan fingerprint density at radius 3 is 2.29 bits per heavy atom. The lowest BCUT2D eigenvalue weighted by Gasteiger charge is -2.17. The number of nitrogens with one attached hydrogen (secondary N) is 1. The summed E-state index contributed by atoms with van der Waals surface area (Å²) >= 11 is 1.76. The average Bonchev–Trinajstić information content (AvgIpc) is 3.30. The van der Waals surface area contributed by atoms with Crippen molar-refractivity contribution in [3.05, 3.63) is 65.5 Å². The Morgan fingerprint density at radius 1 is 1.05 bits per heavy atom. The van der Waals surface area contributed by atoms with E-state index in [0.717, 1.165) is 13.1 Å². The van der Waals surface area contributed by atoms with Crippen molar-refractivity contribution in [3.8, 4) is 0 Å². The first kappa shape index (κ1) is 14.6. The molecule has 0 heterocycles. The molecule has 1 saturated carbocycles. The summed E-state index contributed by atoms with van der Waals surface area (Å²) in [6.07, 6.45) is 4.47. The highest BCUT2D eigenvalue weighted by molar-refractivity contribution is 7.98. The highest BCUT2D eigenvalue weighted by Crippen LogP contribution is 2.47. The molecule has 0 saturated heterocycles. The van der Waals surface area contributed by atoms with Gasteiger partial charge in [-0.25, -0.2) is 4.39 Å². The van der Waals surface area contributed by atoms with Crippen LogP contribution in [-0.4, -0.2) is 12.8 Å². The van der Waals surface area contributed by atoms with E-state index in [1.807, 2.05) is 12.1 Å². The van der Waals surface area contributed by atoms with Crippen molar-refractivity contribution in [3.63, 3.8) is 0 Å². The van der Waals surface area contributed by atoms with Gasteiger partial charge < -0.3 is 5.32 Å². The van der Waals surface area contributed by atoms with Crippen LogP contribution in [0.15, 0.2) is 53.4 Å². The standard InChI is InChI=1S/C18H20FNS/c1-21-17-8-2-14(3-9-17)12-20-13-18(10-11-18)15-4-6-16(19)7-5-15/h2-9,20H,10-13H2,1H3. The van der Waals surface area contributed by atoms with Gasteiger partial charge in [-0.1, -0.05) is 24.3 Å². The maximum absolute atomic E-state index is 13.0. The van der Waals surface area contributed by atoms with Crippen LogP contribution in [0.3, 0.4) is 0 Å². The van der Waals surface area contributed by atoms with E-state index >= 15 is 0 Å². The predicted molar refractivity (Wildman–Crippen MR) is 87.2 cm³/mol. The van der Waals surface area contributed by atoms with E-state index in [2.05, 4.69) is 35.8 Å². The van der Waals surface area contributed by atoms with Gasteiger partial charge >= 0.3 is 0 Å². The number of benzene rings is 2. The molecule has 1 aliphatic rings. The summed E-state index contributed by atoms with van der Waals surface area (Å²) in [6.45, 7) is 1.85. The molecule has 0 spiro atoms. The molecule has 0 aromatic heterocycles. The average molecular weight is 301 g/mol. The van der Waals surface area contributed by atoms with Crippen LogP contribution in [0, 0.1) is 5.82 Å². The smallest absolute Gasteiger partial charge is 0.123 e. The first-order valence-corrected chi connectivity index (χ1v) is 8.54. The highest BCUT2D eigenvalue weighted by atomic mass is 32.2. The van der Waals surface area contributed by atoms with Crippen LogP contribution in [0.25, 0.3) is 0 Å². The quantitative estimate of drug-likeness (QED) is 0.795. The minimum absolute atomic E-state index is 0.156. The van der Waals surface area contributed by atoms with Gasteiger partial charge in [0.25, 0.3) is 0 Å². The minimum Gasteiger partial charge on any atom is -0.312 e. The fourth-order valence-electron chi connectivity index (χ4n) is 2.71.